The van der Waals surface area contributed by atoms with Crippen LogP contribution in [0.15, 0.2) is 18.3 Å². The van der Waals surface area contributed by atoms with Gasteiger partial charge in [0.05, 0.1) is 5.02 Å². The number of carbonyl (C=O) groups excluding carboxylic acids is 1. The van der Waals surface area contributed by atoms with Crippen LogP contribution in [0.2, 0.25) is 5.02 Å². The SMILES string of the molecule is O=C(c1ccc(Cl)cn1)N1CCC(O)(c2nn[nH]n2)CC1. The molecule has 21 heavy (non-hydrogen) atoms. The number of rotatable bonds is 2. The lowest BCUT2D eigenvalue weighted by molar-refractivity contribution is -0.0280. The number of hydrogen-bond acceptors (Lipinski definition) is 6. The number of piperidine rings is 1. The van der Waals surface area contributed by atoms with Crippen molar-refractivity contribution in [3.8, 4) is 0 Å². The highest BCUT2D eigenvalue weighted by molar-refractivity contribution is 6.30. The van der Waals surface area contributed by atoms with E-state index in [1.165, 1.54) is 6.20 Å². The lowest BCUT2D eigenvalue weighted by atomic mass is 9.90. The number of aliphatic hydroxyl groups is 1. The van der Waals surface area contributed by atoms with Crippen molar-refractivity contribution in [1.82, 2.24) is 30.5 Å². The standard InChI is InChI=1S/C12H13ClN6O2/c13-8-1-2-9(14-7-8)10(20)19-5-3-12(21,4-6-19)11-15-17-18-16-11/h1-2,7,21H,3-6H2,(H,15,16,17,18). The van der Waals surface area contributed by atoms with E-state index < -0.39 is 5.60 Å². The Morgan fingerprint density at radius 3 is 2.71 bits per heavy atom. The second kappa shape index (κ2) is 5.38. The summed E-state index contributed by atoms with van der Waals surface area (Å²) in [6, 6.07) is 3.21. The van der Waals surface area contributed by atoms with Gasteiger partial charge in [0.1, 0.15) is 11.3 Å². The van der Waals surface area contributed by atoms with Crippen LogP contribution in [0.5, 0.6) is 0 Å². The van der Waals surface area contributed by atoms with E-state index in [4.69, 9.17) is 11.6 Å². The van der Waals surface area contributed by atoms with E-state index in [1.807, 2.05) is 0 Å². The van der Waals surface area contributed by atoms with Gasteiger partial charge in [-0.3, -0.25) is 4.79 Å². The van der Waals surface area contributed by atoms with E-state index in [0.717, 1.165) is 0 Å². The van der Waals surface area contributed by atoms with Crippen molar-refractivity contribution in [3.05, 3.63) is 34.9 Å². The van der Waals surface area contributed by atoms with Gasteiger partial charge < -0.3 is 10.0 Å². The lowest BCUT2D eigenvalue weighted by Crippen LogP contribution is -2.45. The molecule has 3 heterocycles. The fourth-order valence-electron chi connectivity index (χ4n) is 2.33. The molecule has 3 rings (SSSR count). The monoisotopic (exact) mass is 308 g/mol. The minimum atomic E-state index is -1.14. The van der Waals surface area contributed by atoms with Crippen molar-refractivity contribution in [2.45, 2.75) is 18.4 Å². The van der Waals surface area contributed by atoms with Crippen molar-refractivity contribution in [2.24, 2.45) is 0 Å². The highest BCUT2D eigenvalue weighted by Gasteiger charge is 2.39. The van der Waals surface area contributed by atoms with Crippen LogP contribution in [0.1, 0.15) is 29.2 Å². The van der Waals surface area contributed by atoms with Crippen LogP contribution in [-0.2, 0) is 5.60 Å². The fraction of sp³-hybridized carbons (Fsp3) is 0.417. The number of nitrogens with zero attached hydrogens (tertiary/aromatic N) is 5. The van der Waals surface area contributed by atoms with E-state index >= 15 is 0 Å². The number of tetrazole rings is 1. The van der Waals surface area contributed by atoms with Crippen molar-refractivity contribution in [3.63, 3.8) is 0 Å². The number of hydrogen-bond donors (Lipinski definition) is 2. The summed E-state index contributed by atoms with van der Waals surface area (Å²) in [6.07, 6.45) is 2.14. The maximum atomic E-state index is 12.3. The molecule has 8 nitrogen and oxygen atoms in total. The molecular formula is C12H13ClN6O2. The third-order valence-corrected chi connectivity index (χ3v) is 3.81. The van der Waals surface area contributed by atoms with E-state index in [0.29, 0.717) is 36.6 Å². The Kier molecular flexibility index (Phi) is 3.56. The minimum absolute atomic E-state index is 0.179. The summed E-state index contributed by atoms with van der Waals surface area (Å²) in [6.45, 7) is 0.794. The number of nitrogens with one attached hydrogen (secondary N) is 1. The molecule has 1 saturated heterocycles. The van der Waals surface area contributed by atoms with Crippen LogP contribution in [0.25, 0.3) is 0 Å². The van der Waals surface area contributed by atoms with Gasteiger partial charge in [-0.05, 0) is 12.1 Å². The van der Waals surface area contributed by atoms with Crippen LogP contribution < -0.4 is 0 Å². The zero-order chi connectivity index (χ0) is 14.9. The van der Waals surface area contributed by atoms with E-state index in [-0.39, 0.29) is 11.7 Å². The van der Waals surface area contributed by atoms with Crippen LogP contribution >= 0.6 is 11.6 Å². The van der Waals surface area contributed by atoms with Gasteiger partial charge >= 0.3 is 0 Å². The number of halogens is 1. The van der Waals surface area contributed by atoms with Gasteiger partial charge in [0.25, 0.3) is 5.91 Å². The molecule has 0 spiro atoms. The predicted octanol–water partition coefficient (Wildman–Crippen LogP) is 0.372. The Bertz CT molecular complexity index is 622. The third-order valence-electron chi connectivity index (χ3n) is 3.59. The highest BCUT2D eigenvalue weighted by Crippen LogP contribution is 2.30. The van der Waals surface area contributed by atoms with E-state index in [2.05, 4.69) is 25.6 Å². The summed E-state index contributed by atoms with van der Waals surface area (Å²) in [5.74, 6) is 0.0843. The normalized spacial score (nSPS) is 17.7. The lowest BCUT2D eigenvalue weighted by Gasteiger charge is -2.35. The number of likely N-dealkylation sites (tertiary alicyclic amines) is 1. The predicted molar refractivity (Wildman–Crippen MR) is 72.5 cm³/mol. The Morgan fingerprint density at radius 2 is 2.14 bits per heavy atom. The van der Waals surface area contributed by atoms with Crippen LogP contribution in [0.4, 0.5) is 0 Å². The Hall–Kier alpha value is -2.06. The molecule has 9 heteroatoms. The zero-order valence-electron chi connectivity index (χ0n) is 11.0. The molecule has 2 N–H and O–H groups in total. The topological polar surface area (TPSA) is 108 Å². The smallest absolute Gasteiger partial charge is 0.272 e. The first-order valence-corrected chi connectivity index (χ1v) is 6.83. The molecule has 1 amide bonds. The molecule has 2 aromatic heterocycles. The van der Waals surface area contributed by atoms with Gasteiger partial charge in [0.2, 0.25) is 5.82 Å². The number of pyridine rings is 1. The molecule has 0 aliphatic carbocycles. The highest BCUT2D eigenvalue weighted by atomic mass is 35.5. The summed E-state index contributed by atoms with van der Waals surface area (Å²) in [5.41, 5.74) is -0.804. The van der Waals surface area contributed by atoms with Crippen LogP contribution in [0, 0.1) is 0 Å². The van der Waals surface area contributed by atoms with Gasteiger partial charge in [-0.2, -0.15) is 5.21 Å². The third kappa shape index (κ3) is 2.72. The van der Waals surface area contributed by atoms with Crippen LogP contribution in [0.3, 0.4) is 0 Å². The summed E-state index contributed by atoms with van der Waals surface area (Å²) in [7, 11) is 0. The van der Waals surface area contributed by atoms with Crippen molar-refractivity contribution in [1.29, 1.82) is 0 Å². The molecule has 0 bridgehead atoms. The first-order chi connectivity index (χ1) is 10.1. The molecule has 0 unspecified atom stereocenters. The number of aromatic amines is 1. The maximum Gasteiger partial charge on any atom is 0.272 e. The van der Waals surface area contributed by atoms with Crippen molar-refractivity contribution in [2.75, 3.05) is 13.1 Å². The second-order valence-electron chi connectivity index (χ2n) is 4.92. The molecular weight excluding hydrogens is 296 g/mol. The second-order valence-corrected chi connectivity index (χ2v) is 5.36. The van der Waals surface area contributed by atoms with Gasteiger partial charge in [-0.1, -0.05) is 16.8 Å². The maximum absolute atomic E-state index is 12.3. The Balaban J connectivity index is 1.68. The van der Waals surface area contributed by atoms with E-state index in [9.17, 15) is 9.90 Å². The largest absolute Gasteiger partial charge is 0.382 e. The number of aromatic nitrogens is 5. The summed E-state index contributed by atoms with van der Waals surface area (Å²) < 4.78 is 0. The minimum Gasteiger partial charge on any atom is -0.382 e. The zero-order valence-corrected chi connectivity index (χ0v) is 11.8. The molecule has 0 aromatic carbocycles. The summed E-state index contributed by atoms with van der Waals surface area (Å²) >= 11 is 5.75. The Labute approximate surface area is 125 Å². The average molecular weight is 309 g/mol. The Morgan fingerprint density at radius 1 is 1.38 bits per heavy atom. The van der Waals surface area contributed by atoms with Gasteiger partial charge in [-0.25, -0.2) is 4.98 Å². The number of carbonyl (C=O) groups is 1. The van der Waals surface area contributed by atoms with Gasteiger partial charge in [0.15, 0.2) is 0 Å². The van der Waals surface area contributed by atoms with Gasteiger partial charge in [0, 0.05) is 32.1 Å². The van der Waals surface area contributed by atoms with Crippen molar-refractivity contribution < 1.29 is 9.90 Å². The molecule has 0 saturated carbocycles. The first-order valence-electron chi connectivity index (χ1n) is 6.46. The molecule has 1 aliphatic heterocycles. The number of H-pyrrole nitrogens is 1. The molecule has 2 aromatic rings. The van der Waals surface area contributed by atoms with Crippen LogP contribution in [-0.4, -0.2) is 54.6 Å². The first kappa shape index (κ1) is 13.9. The average Bonchev–Trinajstić information content (AvgIpc) is 3.03. The molecule has 0 atom stereocenters. The fourth-order valence-corrected chi connectivity index (χ4v) is 2.44. The van der Waals surface area contributed by atoms with Crippen molar-refractivity contribution >= 4 is 17.5 Å². The van der Waals surface area contributed by atoms with E-state index in [1.54, 1.807) is 17.0 Å². The van der Waals surface area contributed by atoms with Gasteiger partial charge in [-0.15, -0.1) is 10.2 Å². The quantitative estimate of drug-likeness (QED) is 0.830. The molecule has 1 aliphatic rings. The summed E-state index contributed by atoms with van der Waals surface area (Å²) in [4.78, 5) is 18.0. The molecule has 110 valence electrons. The number of amides is 1. The molecule has 0 radical (unpaired) electrons. The molecule has 1 fully saturated rings. The summed E-state index contributed by atoms with van der Waals surface area (Å²) in [5, 5.41) is 24.4.